The van der Waals surface area contributed by atoms with Crippen LogP contribution in [-0.2, 0) is 7.05 Å². The Hall–Kier alpha value is -3.48. The predicted molar refractivity (Wildman–Crippen MR) is 93.1 cm³/mol. The van der Waals surface area contributed by atoms with Gasteiger partial charge in [-0.25, -0.2) is 4.68 Å². The molecule has 25 heavy (non-hydrogen) atoms. The van der Waals surface area contributed by atoms with Crippen LogP contribution in [0.2, 0.25) is 0 Å². The number of nitrogens with one attached hydrogen (secondary N) is 2. The molecule has 0 bridgehead atoms. The second-order valence-corrected chi connectivity index (χ2v) is 5.55. The van der Waals surface area contributed by atoms with Gasteiger partial charge in [0.1, 0.15) is 0 Å². The Kier molecular flexibility index (Phi) is 4.30. The topological polar surface area (TPSA) is 93.1 Å². The van der Waals surface area contributed by atoms with E-state index in [0.29, 0.717) is 16.3 Å². The molecule has 0 aliphatic rings. The van der Waals surface area contributed by atoms with Gasteiger partial charge in [0.25, 0.3) is 17.4 Å². The highest BCUT2D eigenvalue weighted by Gasteiger charge is 2.16. The van der Waals surface area contributed by atoms with Crippen LogP contribution in [0.4, 0.5) is 0 Å². The molecule has 1 aromatic heterocycles. The molecule has 2 amide bonds. The van der Waals surface area contributed by atoms with Crippen LogP contribution in [-0.4, -0.2) is 21.6 Å². The first-order valence-corrected chi connectivity index (χ1v) is 7.61. The van der Waals surface area contributed by atoms with E-state index < -0.39 is 11.8 Å². The molecule has 0 spiro atoms. The average molecular weight is 336 g/mol. The fourth-order valence-electron chi connectivity index (χ4n) is 2.54. The number of aryl methyl sites for hydroxylation is 2. The van der Waals surface area contributed by atoms with Gasteiger partial charge in [0, 0.05) is 18.0 Å². The fourth-order valence-corrected chi connectivity index (χ4v) is 2.54. The maximum absolute atomic E-state index is 12.4. The molecule has 0 aliphatic heterocycles. The molecular weight excluding hydrogens is 320 g/mol. The SMILES string of the molecule is Cc1ccccc1C(=O)NNC(=O)c1nn(C)c(=O)c2ccccc12. The van der Waals surface area contributed by atoms with Crippen molar-refractivity contribution in [1.82, 2.24) is 20.6 Å². The minimum atomic E-state index is -0.603. The van der Waals surface area contributed by atoms with Crippen molar-refractivity contribution in [3.63, 3.8) is 0 Å². The van der Waals surface area contributed by atoms with E-state index in [-0.39, 0.29) is 11.3 Å². The van der Waals surface area contributed by atoms with Gasteiger partial charge in [0.2, 0.25) is 0 Å². The number of hydrazine groups is 1. The van der Waals surface area contributed by atoms with Crippen LogP contribution in [0.15, 0.2) is 53.3 Å². The smallest absolute Gasteiger partial charge is 0.267 e. The second kappa shape index (κ2) is 6.56. The minimum absolute atomic E-state index is 0.0581. The molecule has 3 aromatic rings. The Bertz CT molecular complexity index is 1040. The number of nitrogens with zero attached hydrogens (tertiary/aromatic N) is 2. The van der Waals surface area contributed by atoms with Crippen molar-refractivity contribution in [2.45, 2.75) is 6.92 Å². The third kappa shape index (κ3) is 3.12. The van der Waals surface area contributed by atoms with Gasteiger partial charge in [0.15, 0.2) is 5.69 Å². The molecule has 0 atom stereocenters. The number of aromatic nitrogens is 2. The molecule has 2 N–H and O–H groups in total. The summed E-state index contributed by atoms with van der Waals surface area (Å²) in [5.74, 6) is -1.03. The summed E-state index contributed by atoms with van der Waals surface area (Å²) in [5.41, 5.74) is 5.73. The minimum Gasteiger partial charge on any atom is -0.267 e. The van der Waals surface area contributed by atoms with Crippen LogP contribution in [0.1, 0.15) is 26.4 Å². The van der Waals surface area contributed by atoms with Crippen LogP contribution < -0.4 is 16.4 Å². The maximum atomic E-state index is 12.4. The Morgan fingerprint density at radius 1 is 0.920 bits per heavy atom. The van der Waals surface area contributed by atoms with Gasteiger partial charge in [-0.05, 0) is 24.6 Å². The number of hydrogen-bond acceptors (Lipinski definition) is 4. The van der Waals surface area contributed by atoms with Crippen molar-refractivity contribution in [2.75, 3.05) is 0 Å². The summed E-state index contributed by atoms with van der Waals surface area (Å²) < 4.78 is 1.10. The van der Waals surface area contributed by atoms with Crippen molar-refractivity contribution in [3.05, 3.63) is 75.7 Å². The lowest BCUT2D eigenvalue weighted by Gasteiger charge is -2.10. The number of fused-ring (bicyclic) bond motifs is 1. The Morgan fingerprint density at radius 3 is 2.24 bits per heavy atom. The van der Waals surface area contributed by atoms with Crippen LogP contribution >= 0.6 is 0 Å². The first-order valence-electron chi connectivity index (χ1n) is 7.61. The van der Waals surface area contributed by atoms with Crippen LogP contribution in [0.25, 0.3) is 10.8 Å². The Labute approximate surface area is 143 Å². The van der Waals surface area contributed by atoms with Gasteiger partial charge in [-0.1, -0.05) is 36.4 Å². The highest BCUT2D eigenvalue weighted by Crippen LogP contribution is 2.12. The zero-order chi connectivity index (χ0) is 18.0. The molecule has 2 aromatic carbocycles. The lowest BCUT2D eigenvalue weighted by molar-refractivity contribution is 0.0843. The van der Waals surface area contributed by atoms with Crippen molar-refractivity contribution in [2.24, 2.45) is 7.05 Å². The van der Waals surface area contributed by atoms with E-state index in [1.165, 1.54) is 7.05 Å². The van der Waals surface area contributed by atoms with E-state index in [9.17, 15) is 14.4 Å². The zero-order valence-electron chi connectivity index (χ0n) is 13.7. The third-order valence-electron chi connectivity index (χ3n) is 3.85. The molecule has 0 saturated heterocycles. The van der Waals surface area contributed by atoms with Crippen LogP contribution in [0.5, 0.6) is 0 Å². The van der Waals surface area contributed by atoms with Crippen molar-refractivity contribution in [1.29, 1.82) is 0 Å². The number of rotatable bonds is 2. The monoisotopic (exact) mass is 336 g/mol. The van der Waals surface area contributed by atoms with E-state index in [1.807, 2.05) is 6.07 Å². The van der Waals surface area contributed by atoms with E-state index in [4.69, 9.17) is 0 Å². The molecule has 126 valence electrons. The summed E-state index contributed by atoms with van der Waals surface area (Å²) in [4.78, 5) is 36.7. The summed E-state index contributed by atoms with van der Waals surface area (Å²) in [7, 11) is 1.47. The fraction of sp³-hybridized carbons (Fsp3) is 0.111. The molecule has 0 saturated carbocycles. The van der Waals surface area contributed by atoms with E-state index in [1.54, 1.807) is 49.4 Å². The Morgan fingerprint density at radius 2 is 1.52 bits per heavy atom. The number of carbonyl (C=O) groups is 2. The quantitative estimate of drug-likeness (QED) is 0.690. The predicted octanol–water partition coefficient (Wildman–Crippen LogP) is 1.32. The van der Waals surface area contributed by atoms with Crippen molar-refractivity contribution < 1.29 is 9.59 Å². The van der Waals surface area contributed by atoms with Gasteiger partial charge in [-0.3, -0.25) is 25.2 Å². The van der Waals surface area contributed by atoms with Gasteiger partial charge in [0.05, 0.1) is 5.39 Å². The van der Waals surface area contributed by atoms with E-state index >= 15 is 0 Å². The lowest BCUT2D eigenvalue weighted by Crippen LogP contribution is -2.42. The standard InChI is InChI=1S/C18H16N4O3/c1-11-7-3-4-8-12(11)16(23)19-20-17(24)15-13-9-5-6-10-14(13)18(25)22(2)21-15/h3-10H,1-2H3,(H,19,23)(H,20,24). The normalized spacial score (nSPS) is 10.5. The summed E-state index contributed by atoms with van der Waals surface area (Å²) in [6.07, 6.45) is 0. The second-order valence-electron chi connectivity index (χ2n) is 5.55. The number of benzene rings is 2. The number of amides is 2. The van der Waals surface area contributed by atoms with Crippen LogP contribution in [0.3, 0.4) is 0 Å². The van der Waals surface area contributed by atoms with Gasteiger partial charge in [-0.15, -0.1) is 0 Å². The van der Waals surface area contributed by atoms with Gasteiger partial charge in [-0.2, -0.15) is 5.10 Å². The van der Waals surface area contributed by atoms with Gasteiger partial charge < -0.3 is 0 Å². The molecule has 0 aliphatic carbocycles. The molecular formula is C18H16N4O3. The first-order chi connectivity index (χ1) is 12.0. The zero-order valence-corrected chi connectivity index (χ0v) is 13.7. The molecule has 0 unspecified atom stereocenters. The van der Waals surface area contributed by atoms with Gasteiger partial charge >= 0.3 is 0 Å². The van der Waals surface area contributed by atoms with Crippen molar-refractivity contribution in [3.8, 4) is 0 Å². The summed E-state index contributed by atoms with van der Waals surface area (Å²) in [5, 5.41) is 4.82. The molecule has 0 fully saturated rings. The largest absolute Gasteiger partial charge is 0.290 e. The molecule has 7 heteroatoms. The first kappa shape index (κ1) is 16.4. The summed E-state index contributed by atoms with van der Waals surface area (Å²) >= 11 is 0. The Balaban J connectivity index is 1.86. The third-order valence-corrected chi connectivity index (χ3v) is 3.85. The molecule has 7 nitrogen and oxygen atoms in total. The average Bonchev–Trinajstić information content (AvgIpc) is 2.63. The molecule has 1 heterocycles. The highest BCUT2D eigenvalue weighted by molar-refractivity contribution is 6.06. The lowest BCUT2D eigenvalue weighted by atomic mass is 10.1. The summed E-state index contributed by atoms with van der Waals surface area (Å²) in [6, 6.07) is 13.7. The highest BCUT2D eigenvalue weighted by atomic mass is 16.2. The van der Waals surface area contributed by atoms with Crippen molar-refractivity contribution >= 4 is 22.6 Å². The molecule has 0 radical (unpaired) electrons. The van der Waals surface area contributed by atoms with Crippen LogP contribution in [0, 0.1) is 6.92 Å². The van der Waals surface area contributed by atoms with E-state index in [0.717, 1.165) is 10.2 Å². The number of hydrogen-bond donors (Lipinski definition) is 2. The maximum Gasteiger partial charge on any atom is 0.290 e. The summed E-state index contributed by atoms with van der Waals surface area (Å²) in [6.45, 7) is 1.80. The van der Waals surface area contributed by atoms with E-state index in [2.05, 4.69) is 16.0 Å². The number of carbonyl (C=O) groups excluding carboxylic acids is 2. The molecule has 3 rings (SSSR count).